The highest BCUT2D eigenvalue weighted by Crippen LogP contribution is 2.26. The third-order valence-electron chi connectivity index (χ3n) is 5.45. The molecule has 0 spiro atoms. The van der Waals surface area contributed by atoms with Crippen LogP contribution < -0.4 is 5.73 Å². The van der Waals surface area contributed by atoms with Gasteiger partial charge >= 0.3 is 17.6 Å². The highest BCUT2D eigenvalue weighted by molar-refractivity contribution is 6.62. The molecule has 0 fully saturated rings. The van der Waals surface area contributed by atoms with Crippen LogP contribution in [0.15, 0.2) is 0 Å². The molecule has 2 N–H and O–H groups in total. The summed E-state index contributed by atoms with van der Waals surface area (Å²) in [6.07, 6.45) is 0.720. The minimum Gasteiger partial charge on any atom is -0.372 e. The van der Waals surface area contributed by atoms with E-state index >= 15 is 0 Å². The zero-order valence-corrected chi connectivity index (χ0v) is 25.4. The van der Waals surface area contributed by atoms with Gasteiger partial charge < -0.3 is 41.8 Å². The smallest absolute Gasteiger partial charge is 0.372 e. The monoisotopic (exact) mass is 527 g/mol. The Labute approximate surface area is 211 Å². The fraction of sp³-hybridized carbons (Fsp3) is 1.00. The van der Waals surface area contributed by atoms with Crippen molar-refractivity contribution in [3.8, 4) is 0 Å². The number of nitrogens with two attached hydrogens (primary N) is 1. The van der Waals surface area contributed by atoms with Crippen molar-refractivity contribution in [3.05, 3.63) is 0 Å². The Balaban J connectivity index is 5.59. The summed E-state index contributed by atoms with van der Waals surface area (Å²) in [7, 11) is -6.08. The summed E-state index contributed by atoms with van der Waals surface area (Å²) in [6, 6.07) is -0.406. The zero-order chi connectivity index (χ0) is 26.2. The van der Waals surface area contributed by atoms with Crippen molar-refractivity contribution in [2.24, 2.45) is 5.73 Å². The summed E-state index contributed by atoms with van der Waals surface area (Å²) >= 11 is 0. The van der Waals surface area contributed by atoms with Gasteiger partial charge in [0.05, 0.1) is 18.2 Å². The molecule has 4 unspecified atom stereocenters. The number of rotatable bonds is 22. The molecule has 0 rings (SSSR count). The molecule has 4 atom stereocenters. The van der Waals surface area contributed by atoms with Gasteiger partial charge in [-0.25, -0.2) is 0 Å². The van der Waals surface area contributed by atoms with E-state index in [9.17, 15) is 0 Å². The molecule has 0 aromatic heterocycles. The SMILES string of the molecule is CCO[Si](OCC)(OCC)C(CC)OC(C)C(N)C(C)OC(CC)[Si](OCC)(OCC)OCC. The van der Waals surface area contributed by atoms with Crippen molar-refractivity contribution in [3.63, 3.8) is 0 Å². The first-order valence-electron chi connectivity index (χ1n) is 13.1. The largest absolute Gasteiger partial charge is 0.531 e. The van der Waals surface area contributed by atoms with Gasteiger partial charge in [0.25, 0.3) is 0 Å². The summed E-state index contributed by atoms with van der Waals surface area (Å²) in [5, 5.41) is 0. The van der Waals surface area contributed by atoms with E-state index in [0.29, 0.717) is 52.5 Å². The van der Waals surface area contributed by atoms with Gasteiger partial charge in [-0.3, -0.25) is 0 Å². The first-order chi connectivity index (χ1) is 16.2. The van der Waals surface area contributed by atoms with Crippen LogP contribution in [0.2, 0.25) is 0 Å². The molecule has 0 saturated carbocycles. The van der Waals surface area contributed by atoms with Gasteiger partial charge in [-0.2, -0.15) is 0 Å². The molecule has 0 aromatic carbocycles. The van der Waals surface area contributed by atoms with Crippen LogP contribution in [0.3, 0.4) is 0 Å². The highest BCUT2D eigenvalue weighted by Gasteiger charge is 2.52. The molecule has 0 aliphatic rings. The number of ether oxygens (including phenoxy) is 2. The Bertz CT molecular complexity index is 430. The zero-order valence-electron chi connectivity index (χ0n) is 23.4. The summed E-state index contributed by atoms with van der Waals surface area (Å²) in [6.45, 7) is 22.6. The summed E-state index contributed by atoms with van der Waals surface area (Å²) in [5.41, 5.74) is 5.98. The molecular formula is C23H53NO8Si2. The van der Waals surface area contributed by atoms with Crippen LogP contribution in [0.5, 0.6) is 0 Å². The second kappa shape index (κ2) is 18.3. The predicted molar refractivity (Wildman–Crippen MR) is 138 cm³/mol. The lowest BCUT2D eigenvalue weighted by atomic mass is 10.1. The van der Waals surface area contributed by atoms with Crippen LogP contribution in [0.25, 0.3) is 0 Å². The summed E-state index contributed by atoms with van der Waals surface area (Å²) in [4.78, 5) is 0. The highest BCUT2D eigenvalue weighted by atomic mass is 28.4. The van der Waals surface area contributed by atoms with Crippen LogP contribution in [-0.4, -0.2) is 87.0 Å². The Hall–Kier alpha value is 0.0738. The van der Waals surface area contributed by atoms with Crippen LogP contribution in [-0.2, 0) is 36.0 Å². The van der Waals surface area contributed by atoms with E-state index in [1.807, 2.05) is 69.2 Å². The fourth-order valence-electron chi connectivity index (χ4n) is 3.96. The molecular weight excluding hydrogens is 474 g/mol. The molecule has 0 saturated heterocycles. The average molecular weight is 528 g/mol. The van der Waals surface area contributed by atoms with E-state index in [1.54, 1.807) is 0 Å². The van der Waals surface area contributed by atoms with Crippen molar-refractivity contribution in [2.45, 2.75) is 112 Å². The maximum atomic E-state index is 6.63. The van der Waals surface area contributed by atoms with E-state index in [1.165, 1.54) is 0 Å². The molecule has 0 heterocycles. The summed E-state index contributed by atoms with van der Waals surface area (Å²) < 4.78 is 49.3. The minimum absolute atomic E-state index is 0.326. The van der Waals surface area contributed by atoms with Gasteiger partial charge in [0, 0.05) is 39.6 Å². The molecule has 0 bridgehead atoms. The Morgan fingerprint density at radius 1 is 0.500 bits per heavy atom. The van der Waals surface area contributed by atoms with E-state index in [2.05, 4.69) is 0 Å². The van der Waals surface area contributed by atoms with E-state index in [-0.39, 0.29) is 23.7 Å². The van der Waals surface area contributed by atoms with Gasteiger partial charge in [-0.15, -0.1) is 0 Å². The molecule has 0 aliphatic carbocycles. The fourth-order valence-corrected chi connectivity index (χ4v) is 9.75. The molecule has 206 valence electrons. The second-order valence-electron chi connectivity index (χ2n) is 7.86. The lowest BCUT2D eigenvalue weighted by Gasteiger charge is -2.39. The minimum atomic E-state index is -3.04. The third kappa shape index (κ3) is 9.85. The quantitative estimate of drug-likeness (QED) is 0.210. The maximum absolute atomic E-state index is 6.63. The molecule has 0 radical (unpaired) electrons. The topological polar surface area (TPSA) is 99.9 Å². The van der Waals surface area contributed by atoms with E-state index in [4.69, 9.17) is 41.8 Å². The molecule has 0 aromatic rings. The third-order valence-corrected chi connectivity index (χ3v) is 12.3. The first kappa shape index (κ1) is 34.1. The molecule has 9 nitrogen and oxygen atoms in total. The van der Waals surface area contributed by atoms with Gasteiger partial charge in [-0.1, -0.05) is 13.8 Å². The van der Waals surface area contributed by atoms with E-state index in [0.717, 1.165) is 0 Å². The van der Waals surface area contributed by atoms with Gasteiger partial charge in [0.2, 0.25) is 0 Å². The molecule has 34 heavy (non-hydrogen) atoms. The van der Waals surface area contributed by atoms with Crippen molar-refractivity contribution in [1.82, 2.24) is 0 Å². The number of hydrogen-bond acceptors (Lipinski definition) is 9. The van der Waals surface area contributed by atoms with E-state index < -0.39 is 23.7 Å². The normalized spacial score (nSPS) is 17.4. The van der Waals surface area contributed by atoms with Crippen molar-refractivity contribution in [2.75, 3.05) is 39.6 Å². The summed E-state index contributed by atoms with van der Waals surface area (Å²) in [5.74, 6) is 0. The van der Waals surface area contributed by atoms with Crippen LogP contribution in [0.1, 0.15) is 82.1 Å². The van der Waals surface area contributed by atoms with Crippen LogP contribution >= 0.6 is 0 Å². The van der Waals surface area contributed by atoms with Gasteiger partial charge in [-0.05, 0) is 68.2 Å². The van der Waals surface area contributed by atoms with Gasteiger partial charge in [0.15, 0.2) is 0 Å². The maximum Gasteiger partial charge on any atom is 0.531 e. The predicted octanol–water partition coefficient (Wildman–Crippen LogP) is 3.86. The van der Waals surface area contributed by atoms with Crippen molar-refractivity contribution < 1.29 is 36.0 Å². The molecule has 0 amide bonds. The standard InChI is InChI=1S/C23H53NO8Si2/c1-11-21(33(25-13-3,26-14-4)27-15-5)31-19(9)23(24)20(10)32-22(12-2)34(28-16-6,29-17-7)30-18-8/h19-23H,11-18,24H2,1-10H3. The Kier molecular flexibility index (Phi) is 18.4. The second-order valence-corrected chi connectivity index (χ2v) is 13.3. The lowest BCUT2D eigenvalue weighted by Crippen LogP contribution is -2.61. The number of hydrogen-bond donors (Lipinski definition) is 1. The average Bonchev–Trinajstić information content (AvgIpc) is 2.80. The first-order valence-corrected chi connectivity index (χ1v) is 16.7. The lowest BCUT2D eigenvalue weighted by molar-refractivity contribution is -0.0849. The molecule has 11 heteroatoms. The van der Waals surface area contributed by atoms with Crippen LogP contribution in [0.4, 0.5) is 0 Å². The van der Waals surface area contributed by atoms with Crippen LogP contribution in [0, 0.1) is 0 Å². The molecule has 0 aliphatic heterocycles. The Morgan fingerprint density at radius 2 is 0.735 bits per heavy atom. The van der Waals surface area contributed by atoms with Crippen molar-refractivity contribution in [1.29, 1.82) is 0 Å². The van der Waals surface area contributed by atoms with Crippen molar-refractivity contribution >= 4 is 17.6 Å². The Morgan fingerprint density at radius 3 is 0.912 bits per heavy atom. The van der Waals surface area contributed by atoms with Gasteiger partial charge in [0.1, 0.15) is 11.5 Å².